The number of methoxy groups -OCH3 is 1. The molecule has 2 aromatic rings. The first-order chi connectivity index (χ1) is 10.8. The van der Waals surface area contributed by atoms with Gasteiger partial charge < -0.3 is 15.2 Å². The Labute approximate surface area is 129 Å². The van der Waals surface area contributed by atoms with Crippen molar-refractivity contribution < 1.29 is 9.84 Å². The Hall–Kier alpha value is -2.21. The number of hydrogen-bond acceptors (Lipinski definition) is 6. The van der Waals surface area contributed by atoms with E-state index in [1.807, 2.05) is 18.2 Å². The smallest absolute Gasteiger partial charge is 0.257 e. The molecule has 2 aromatic heterocycles. The normalized spacial score (nSPS) is 21.7. The summed E-state index contributed by atoms with van der Waals surface area (Å²) in [7, 11) is 1.58. The van der Waals surface area contributed by atoms with Crippen molar-refractivity contribution in [1.29, 1.82) is 0 Å². The highest BCUT2D eigenvalue weighted by molar-refractivity contribution is 5.46. The number of nitrogens with zero attached hydrogens (tertiary/aromatic N) is 3. The van der Waals surface area contributed by atoms with Crippen molar-refractivity contribution in [3.05, 3.63) is 42.5 Å². The van der Waals surface area contributed by atoms with Gasteiger partial charge in [-0.3, -0.25) is 4.98 Å². The Morgan fingerprint density at radius 3 is 2.73 bits per heavy atom. The average molecular weight is 300 g/mol. The first-order valence-electron chi connectivity index (χ1n) is 7.45. The van der Waals surface area contributed by atoms with Gasteiger partial charge in [0.15, 0.2) is 5.82 Å². The molecular weight excluding hydrogens is 280 g/mol. The van der Waals surface area contributed by atoms with Crippen molar-refractivity contribution in [3.63, 3.8) is 0 Å². The molecule has 3 rings (SSSR count). The summed E-state index contributed by atoms with van der Waals surface area (Å²) in [6, 6.07) is 6.05. The molecule has 1 atom stereocenters. The zero-order valence-electron chi connectivity index (χ0n) is 12.5. The molecule has 0 aromatic carbocycles. The lowest BCUT2D eigenvalue weighted by atomic mass is 9.76. The summed E-state index contributed by atoms with van der Waals surface area (Å²) >= 11 is 0. The Morgan fingerprint density at radius 1 is 1.23 bits per heavy atom. The van der Waals surface area contributed by atoms with Crippen LogP contribution in [0.2, 0.25) is 0 Å². The van der Waals surface area contributed by atoms with Gasteiger partial charge in [-0.1, -0.05) is 6.07 Å². The molecule has 116 valence electrons. The predicted molar refractivity (Wildman–Crippen MR) is 82.7 cm³/mol. The second kappa shape index (κ2) is 6.70. The number of ether oxygens (including phenoxy) is 1. The molecule has 0 radical (unpaired) electrons. The zero-order chi connectivity index (χ0) is 15.4. The van der Waals surface area contributed by atoms with Gasteiger partial charge in [-0.25, -0.2) is 9.97 Å². The third kappa shape index (κ3) is 3.33. The summed E-state index contributed by atoms with van der Waals surface area (Å²) in [5, 5.41) is 13.0. The molecule has 1 fully saturated rings. The van der Waals surface area contributed by atoms with Crippen LogP contribution in [0.25, 0.3) is 0 Å². The van der Waals surface area contributed by atoms with Gasteiger partial charge in [-0.15, -0.1) is 0 Å². The molecule has 22 heavy (non-hydrogen) atoms. The van der Waals surface area contributed by atoms with Crippen LogP contribution in [0, 0.1) is 5.92 Å². The molecule has 6 nitrogen and oxygen atoms in total. The van der Waals surface area contributed by atoms with Gasteiger partial charge in [0.1, 0.15) is 0 Å². The maximum absolute atomic E-state index is 9.60. The van der Waals surface area contributed by atoms with Gasteiger partial charge in [0.05, 0.1) is 13.2 Å². The third-order valence-electron chi connectivity index (χ3n) is 4.05. The Balaban J connectivity index is 1.76. The molecule has 0 spiro atoms. The van der Waals surface area contributed by atoms with Crippen LogP contribution in [0.4, 0.5) is 5.82 Å². The summed E-state index contributed by atoms with van der Waals surface area (Å²) in [6.07, 6.45) is 7.22. The van der Waals surface area contributed by atoms with E-state index >= 15 is 0 Å². The van der Waals surface area contributed by atoms with E-state index in [0.717, 1.165) is 25.0 Å². The van der Waals surface area contributed by atoms with Gasteiger partial charge in [-0.2, -0.15) is 0 Å². The van der Waals surface area contributed by atoms with Crippen LogP contribution in [0.15, 0.2) is 36.8 Å². The minimum Gasteiger partial charge on any atom is -0.478 e. The minimum atomic E-state index is -0.193. The summed E-state index contributed by atoms with van der Waals surface area (Å²) < 4.78 is 5.25. The van der Waals surface area contributed by atoms with Crippen LogP contribution < -0.4 is 10.1 Å². The standard InChI is InChI=1S/C16H20N4O2/c1-22-16-15(18-6-7-19-16)20-14(11-8-13(21)9-11)10-12-4-2-3-5-17-12/h2-7,11,13-14,21H,8-10H2,1H3,(H,18,20). The molecule has 2 heterocycles. The average Bonchev–Trinajstić information content (AvgIpc) is 2.53. The lowest BCUT2D eigenvalue weighted by Gasteiger charge is -2.38. The first kappa shape index (κ1) is 14.7. The molecule has 0 aliphatic heterocycles. The van der Waals surface area contributed by atoms with E-state index in [0.29, 0.717) is 17.6 Å². The van der Waals surface area contributed by atoms with Crippen LogP contribution >= 0.6 is 0 Å². The highest BCUT2D eigenvalue weighted by Crippen LogP contribution is 2.34. The fraction of sp³-hybridized carbons (Fsp3) is 0.438. The van der Waals surface area contributed by atoms with Crippen molar-refractivity contribution in [3.8, 4) is 5.88 Å². The van der Waals surface area contributed by atoms with Crippen LogP contribution in [0.3, 0.4) is 0 Å². The number of aliphatic hydroxyl groups is 1. The number of hydrogen-bond donors (Lipinski definition) is 2. The molecule has 1 aliphatic carbocycles. The van der Waals surface area contributed by atoms with Crippen LogP contribution in [-0.2, 0) is 6.42 Å². The predicted octanol–water partition coefficient (Wildman–Crippen LogP) is 1.67. The number of anilines is 1. The monoisotopic (exact) mass is 300 g/mol. The summed E-state index contributed by atoms with van der Waals surface area (Å²) in [5.74, 6) is 1.50. The molecule has 1 aliphatic rings. The molecule has 2 N–H and O–H groups in total. The number of aliphatic hydroxyl groups excluding tert-OH is 1. The van der Waals surface area contributed by atoms with Crippen LogP contribution in [0.5, 0.6) is 5.88 Å². The first-order valence-corrected chi connectivity index (χ1v) is 7.45. The number of nitrogens with one attached hydrogen (secondary N) is 1. The van der Waals surface area contributed by atoms with E-state index in [2.05, 4.69) is 20.3 Å². The topological polar surface area (TPSA) is 80.2 Å². The number of rotatable bonds is 6. The van der Waals surface area contributed by atoms with Crippen LogP contribution in [0.1, 0.15) is 18.5 Å². The lowest BCUT2D eigenvalue weighted by molar-refractivity contribution is 0.0340. The van der Waals surface area contributed by atoms with Crippen molar-refractivity contribution >= 4 is 5.82 Å². The quantitative estimate of drug-likeness (QED) is 0.845. The minimum absolute atomic E-state index is 0.143. The van der Waals surface area contributed by atoms with E-state index in [4.69, 9.17) is 4.74 Å². The summed E-state index contributed by atoms with van der Waals surface area (Å²) in [4.78, 5) is 12.9. The van der Waals surface area contributed by atoms with E-state index in [1.54, 1.807) is 25.7 Å². The highest BCUT2D eigenvalue weighted by atomic mass is 16.5. The fourth-order valence-corrected chi connectivity index (χ4v) is 2.79. The van der Waals surface area contributed by atoms with E-state index in [-0.39, 0.29) is 12.1 Å². The van der Waals surface area contributed by atoms with Crippen LogP contribution in [-0.4, -0.2) is 39.3 Å². The Kier molecular flexibility index (Phi) is 4.48. The lowest BCUT2D eigenvalue weighted by Crippen LogP contribution is -2.42. The SMILES string of the molecule is COc1nccnc1NC(Cc1ccccn1)C1CC(O)C1. The maximum atomic E-state index is 9.60. The van der Waals surface area contributed by atoms with E-state index in [9.17, 15) is 5.11 Å². The summed E-state index contributed by atoms with van der Waals surface area (Å²) in [5.41, 5.74) is 1.02. The van der Waals surface area contributed by atoms with Gasteiger partial charge in [-0.05, 0) is 30.9 Å². The maximum Gasteiger partial charge on any atom is 0.257 e. The van der Waals surface area contributed by atoms with Gasteiger partial charge >= 0.3 is 0 Å². The van der Waals surface area contributed by atoms with E-state index in [1.165, 1.54) is 0 Å². The molecule has 0 bridgehead atoms. The highest BCUT2D eigenvalue weighted by Gasteiger charge is 2.34. The molecule has 1 saturated carbocycles. The van der Waals surface area contributed by atoms with Crippen molar-refractivity contribution in [2.75, 3.05) is 12.4 Å². The van der Waals surface area contributed by atoms with Crippen molar-refractivity contribution in [1.82, 2.24) is 15.0 Å². The molecule has 6 heteroatoms. The second-order valence-electron chi connectivity index (χ2n) is 5.58. The Bertz CT molecular complexity index is 602. The number of pyridine rings is 1. The second-order valence-corrected chi connectivity index (χ2v) is 5.58. The van der Waals surface area contributed by atoms with Gasteiger partial charge in [0, 0.05) is 36.7 Å². The van der Waals surface area contributed by atoms with E-state index < -0.39 is 0 Å². The Morgan fingerprint density at radius 2 is 2.05 bits per heavy atom. The van der Waals surface area contributed by atoms with Gasteiger partial charge in [0.2, 0.25) is 0 Å². The van der Waals surface area contributed by atoms with Gasteiger partial charge in [0.25, 0.3) is 5.88 Å². The zero-order valence-corrected chi connectivity index (χ0v) is 12.5. The fourth-order valence-electron chi connectivity index (χ4n) is 2.79. The van der Waals surface area contributed by atoms with Crippen molar-refractivity contribution in [2.45, 2.75) is 31.4 Å². The van der Waals surface area contributed by atoms with Crippen molar-refractivity contribution in [2.24, 2.45) is 5.92 Å². The molecule has 1 unspecified atom stereocenters. The largest absolute Gasteiger partial charge is 0.478 e. The number of aromatic nitrogens is 3. The molecule has 0 saturated heterocycles. The third-order valence-corrected chi connectivity index (χ3v) is 4.05. The summed E-state index contributed by atoms with van der Waals surface area (Å²) in [6.45, 7) is 0. The molecular formula is C16H20N4O2. The molecule has 0 amide bonds.